The van der Waals surface area contributed by atoms with Gasteiger partial charge in [-0.1, -0.05) is 53.5 Å². The standard InChI is InChI=1S/C26H28Cl2N2O2/c1-31-25-14-20(22(27)16-26(25)32-18-19-8-4-2-5-9-19)17-29-21-10-11-24(23(28)15-21)30-12-6-3-7-13-30/h2,4-5,8-11,14-16,29H,3,6-7,12-13,17-18H2,1H3. The second-order valence-electron chi connectivity index (χ2n) is 7.94. The van der Waals surface area contributed by atoms with Crippen molar-refractivity contribution in [2.24, 2.45) is 0 Å². The molecule has 4 rings (SSSR count). The first-order chi connectivity index (χ1) is 15.6. The van der Waals surface area contributed by atoms with Crippen LogP contribution in [0.15, 0.2) is 60.7 Å². The van der Waals surface area contributed by atoms with Gasteiger partial charge in [-0.05, 0) is 54.7 Å². The third-order valence-electron chi connectivity index (χ3n) is 5.70. The first-order valence-electron chi connectivity index (χ1n) is 11.0. The summed E-state index contributed by atoms with van der Waals surface area (Å²) in [5.74, 6) is 1.28. The Hall–Kier alpha value is -2.56. The average molecular weight is 471 g/mol. The number of halogens is 2. The lowest BCUT2D eigenvalue weighted by Gasteiger charge is -2.29. The molecular weight excluding hydrogens is 443 g/mol. The van der Waals surface area contributed by atoms with Crippen molar-refractivity contribution in [3.05, 3.63) is 81.8 Å². The van der Waals surface area contributed by atoms with Crippen molar-refractivity contribution in [3.8, 4) is 11.5 Å². The van der Waals surface area contributed by atoms with Gasteiger partial charge < -0.3 is 19.7 Å². The highest BCUT2D eigenvalue weighted by Gasteiger charge is 2.15. The summed E-state index contributed by atoms with van der Waals surface area (Å²) in [6, 6.07) is 19.9. The lowest BCUT2D eigenvalue weighted by molar-refractivity contribution is 0.284. The highest BCUT2D eigenvalue weighted by molar-refractivity contribution is 6.33. The monoisotopic (exact) mass is 470 g/mol. The van der Waals surface area contributed by atoms with Gasteiger partial charge in [0.25, 0.3) is 0 Å². The molecule has 0 aliphatic carbocycles. The van der Waals surface area contributed by atoms with E-state index in [0.717, 1.165) is 40.6 Å². The maximum Gasteiger partial charge on any atom is 0.163 e. The van der Waals surface area contributed by atoms with Gasteiger partial charge in [-0.25, -0.2) is 0 Å². The van der Waals surface area contributed by atoms with Crippen LogP contribution < -0.4 is 19.7 Å². The number of anilines is 2. The minimum atomic E-state index is 0.451. The minimum Gasteiger partial charge on any atom is -0.493 e. The number of ether oxygens (including phenoxy) is 2. The van der Waals surface area contributed by atoms with Crippen molar-refractivity contribution in [2.45, 2.75) is 32.4 Å². The van der Waals surface area contributed by atoms with Crippen LogP contribution in [-0.4, -0.2) is 20.2 Å². The maximum absolute atomic E-state index is 6.59. The molecule has 1 heterocycles. The molecule has 0 amide bonds. The summed E-state index contributed by atoms with van der Waals surface area (Å²) in [5.41, 5.74) is 4.07. The number of hydrogen-bond acceptors (Lipinski definition) is 4. The highest BCUT2D eigenvalue weighted by Crippen LogP contribution is 2.35. The summed E-state index contributed by atoms with van der Waals surface area (Å²) < 4.78 is 11.5. The molecule has 0 spiro atoms. The lowest BCUT2D eigenvalue weighted by Crippen LogP contribution is -2.29. The number of nitrogens with one attached hydrogen (secondary N) is 1. The van der Waals surface area contributed by atoms with Crippen LogP contribution in [0.3, 0.4) is 0 Å². The van der Waals surface area contributed by atoms with E-state index in [-0.39, 0.29) is 0 Å². The van der Waals surface area contributed by atoms with Crippen molar-refractivity contribution in [1.82, 2.24) is 0 Å². The Bertz CT molecular complexity index is 1040. The molecule has 6 heteroatoms. The van der Waals surface area contributed by atoms with Crippen LogP contribution in [0.5, 0.6) is 11.5 Å². The minimum absolute atomic E-state index is 0.451. The molecule has 3 aromatic rings. The number of benzene rings is 3. The van der Waals surface area contributed by atoms with E-state index in [9.17, 15) is 0 Å². The molecule has 1 saturated heterocycles. The highest BCUT2D eigenvalue weighted by atomic mass is 35.5. The molecule has 0 radical (unpaired) electrons. The Balaban J connectivity index is 1.42. The van der Waals surface area contributed by atoms with Gasteiger partial charge in [-0.2, -0.15) is 0 Å². The molecule has 0 aromatic heterocycles. The molecule has 4 nitrogen and oxygen atoms in total. The van der Waals surface area contributed by atoms with E-state index in [2.05, 4.69) is 22.3 Å². The van der Waals surface area contributed by atoms with Crippen molar-refractivity contribution in [3.63, 3.8) is 0 Å². The molecule has 1 aliphatic heterocycles. The van der Waals surface area contributed by atoms with E-state index < -0.39 is 0 Å². The molecule has 1 aliphatic rings. The second kappa shape index (κ2) is 10.8. The summed E-state index contributed by atoms with van der Waals surface area (Å²) in [7, 11) is 1.63. The van der Waals surface area contributed by atoms with Crippen LogP contribution >= 0.6 is 23.2 Å². The zero-order valence-corrected chi connectivity index (χ0v) is 19.8. The number of methoxy groups -OCH3 is 1. The number of piperidine rings is 1. The smallest absolute Gasteiger partial charge is 0.163 e. The maximum atomic E-state index is 6.59. The molecule has 0 bridgehead atoms. The van der Waals surface area contributed by atoms with E-state index in [1.807, 2.05) is 48.5 Å². The summed E-state index contributed by atoms with van der Waals surface area (Å²) >= 11 is 13.1. The van der Waals surface area contributed by atoms with Crippen LogP contribution in [0.4, 0.5) is 11.4 Å². The topological polar surface area (TPSA) is 33.7 Å². The van der Waals surface area contributed by atoms with E-state index in [0.29, 0.717) is 29.7 Å². The predicted octanol–water partition coefficient (Wildman–Crippen LogP) is 7.18. The quantitative estimate of drug-likeness (QED) is 0.377. The molecule has 32 heavy (non-hydrogen) atoms. The molecule has 0 unspecified atom stereocenters. The average Bonchev–Trinajstić information content (AvgIpc) is 2.83. The number of nitrogens with zero attached hydrogens (tertiary/aromatic N) is 1. The van der Waals surface area contributed by atoms with Crippen molar-refractivity contribution >= 4 is 34.6 Å². The fourth-order valence-electron chi connectivity index (χ4n) is 3.93. The molecule has 168 valence electrons. The molecular formula is C26H28Cl2N2O2. The van der Waals surface area contributed by atoms with E-state index in [1.54, 1.807) is 7.11 Å². The van der Waals surface area contributed by atoms with Crippen LogP contribution in [0, 0.1) is 0 Å². The van der Waals surface area contributed by atoms with Crippen molar-refractivity contribution in [2.75, 3.05) is 30.4 Å². The van der Waals surface area contributed by atoms with E-state index in [1.165, 1.54) is 19.3 Å². The van der Waals surface area contributed by atoms with Gasteiger partial charge in [0.15, 0.2) is 11.5 Å². The fraction of sp³-hybridized carbons (Fsp3) is 0.308. The molecule has 1 fully saturated rings. The number of rotatable bonds is 8. The molecule has 1 N–H and O–H groups in total. The Kier molecular flexibility index (Phi) is 7.67. The Morgan fingerprint density at radius 2 is 1.66 bits per heavy atom. The molecule has 0 atom stereocenters. The van der Waals surface area contributed by atoms with Crippen LogP contribution in [-0.2, 0) is 13.2 Å². The first kappa shape index (κ1) is 22.6. The summed E-state index contributed by atoms with van der Waals surface area (Å²) in [5, 5.41) is 4.81. The summed E-state index contributed by atoms with van der Waals surface area (Å²) in [6.07, 6.45) is 3.75. The van der Waals surface area contributed by atoms with Crippen LogP contribution in [0.1, 0.15) is 30.4 Å². The molecule has 3 aromatic carbocycles. The fourth-order valence-corrected chi connectivity index (χ4v) is 4.45. The second-order valence-corrected chi connectivity index (χ2v) is 8.75. The van der Waals surface area contributed by atoms with Crippen molar-refractivity contribution in [1.29, 1.82) is 0 Å². The zero-order valence-electron chi connectivity index (χ0n) is 18.2. The molecule has 0 saturated carbocycles. The zero-order chi connectivity index (χ0) is 22.3. The third-order valence-corrected chi connectivity index (χ3v) is 6.35. The van der Waals surface area contributed by atoms with Gasteiger partial charge in [-0.3, -0.25) is 0 Å². The lowest BCUT2D eigenvalue weighted by atomic mass is 10.1. The third kappa shape index (κ3) is 5.62. The summed E-state index contributed by atoms with van der Waals surface area (Å²) in [4.78, 5) is 2.37. The SMILES string of the molecule is COc1cc(CNc2ccc(N3CCCCC3)c(Cl)c2)c(Cl)cc1OCc1ccccc1. The van der Waals surface area contributed by atoms with E-state index in [4.69, 9.17) is 32.7 Å². The Morgan fingerprint density at radius 1 is 0.875 bits per heavy atom. The first-order valence-corrected chi connectivity index (χ1v) is 11.7. The summed E-state index contributed by atoms with van der Waals surface area (Å²) in [6.45, 7) is 3.14. The normalized spacial score (nSPS) is 13.7. The van der Waals surface area contributed by atoms with Gasteiger partial charge in [0.2, 0.25) is 0 Å². The predicted molar refractivity (Wildman–Crippen MR) is 134 cm³/mol. The van der Waals surface area contributed by atoms with Gasteiger partial charge in [0.05, 0.1) is 17.8 Å². The van der Waals surface area contributed by atoms with Crippen LogP contribution in [0.25, 0.3) is 0 Å². The number of hydrogen-bond donors (Lipinski definition) is 1. The van der Waals surface area contributed by atoms with E-state index >= 15 is 0 Å². The van der Waals surface area contributed by atoms with Gasteiger partial charge in [0.1, 0.15) is 6.61 Å². The Morgan fingerprint density at radius 3 is 2.38 bits per heavy atom. The van der Waals surface area contributed by atoms with Gasteiger partial charge >= 0.3 is 0 Å². The van der Waals surface area contributed by atoms with Gasteiger partial charge in [-0.15, -0.1) is 0 Å². The van der Waals surface area contributed by atoms with Gasteiger partial charge in [0, 0.05) is 36.4 Å². The van der Waals surface area contributed by atoms with Crippen LogP contribution in [0.2, 0.25) is 10.0 Å². The Labute approximate surface area is 200 Å². The van der Waals surface area contributed by atoms with Crippen molar-refractivity contribution < 1.29 is 9.47 Å². The largest absolute Gasteiger partial charge is 0.493 e.